The van der Waals surface area contributed by atoms with E-state index < -0.39 is 5.82 Å². The number of nitrogens with zero attached hydrogens (tertiary/aromatic N) is 2. The topological polar surface area (TPSA) is 36.4 Å². The Labute approximate surface area is 95.9 Å². The Balaban J connectivity index is 3.10. The molecule has 0 bridgehead atoms. The van der Waals surface area contributed by atoms with Crippen LogP contribution in [0.4, 0.5) is 10.2 Å². The molecule has 1 unspecified atom stereocenters. The highest BCUT2D eigenvalue weighted by molar-refractivity contribution is 5.43. The Kier molecular flexibility index (Phi) is 4.68. The van der Waals surface area contributed by atoms with Gasteiger partial charge in [-0.25, -0.2) is 9.37 Å². The first-order chi connectivity index (χ1) is 7.65. The van der Waals surface area contributed by atoms with Crippen LogP contribution in [0.2, 0.25) is 0 Å². The Hall–Kier alpha value is -1.16. The standard InChI is InChI=1S/C12H19FN2O/c1-4-9(3)15(5-2)12-11(13)10(8-16)6-7-14-12/h6-7,9,16H,4-5,8H2,1-3H3. The summed E-state index contributed by atoms with van der Waals surface area (Å²) in [7, 11) is 0. The maximum absolute atomic E-state index is 13.9. The zero-order chi connectivity index (χ0) is 12.1. The van der Waals surface area contributed by atoms with Crippen molar-refractivity contribution in [2.24, 2.45) is 0 Å². The highest BCUT2D eigenvalue weighted by atomic mass is 19.1. The maximum Gasteiger partial charge on any atom is 0.171 e. The average molecular weight is 226 g/mol. The van der Waals surface area contributed by atoms with Crippen molar-refractivity contribution in [1.29, 1.82) is 0 Å². The van der Waals surface area contributed by atoms with Gasteiger partial charge in [-0.05, 0) is 26.3 Å². The molecule has 1 aromatic heterocycles. The molecule has 0 aromatic carbocycles. The normalized spacial score (nSPS) is 12.6. The molecular weight excluding hydrogens is 207 g/mol. The lowest BCUT2D eigenvalue weighted by Gasteiger charge is -2.28. The number of anilines is 1. The summed E-state index contributed by atoms with van der Waals surface area (Å²) in [4.78, 5) is 5.98. The molecular formula is C12H19FN2O. The van der Waals surface area contributed by atoms with E-state index in [1.54, 1.807) is 0 Å². The highest BCUT2D eigenvalue weighted by Gasteiger charge is 2.18. The van der Waals surface area contributed by atoms with Gasteiger partial charge in [-0.1, -0.05) is 6.92 Å². The number of halogens is 1. The fourth-order valence-corrected chi connectivity index (χ4v) is 1.68. The van der Waals surface area contributed by atoms with E-state index in [9.17, 15) is 4.39 Å². The first kappa shape index (κ1) is 12.9. The van der Waals surface area contributed by atoms with E-state index in [0.29, 0.717) is 17.9 Å². The predicted octanol–water partition coefficient (Wildman–Crippen LogP) is 2.34. The van der Waals surface area contributed by atoms with Gasteiger partial charge in [-0.3, -0.25) is 0 Å². The SMILES string of the molecule is CCC(C)N(CC)c1nccc(CO)c1F. The maximum atomic E-state index is 13.9. The number of pyridine rings is 1. The van der Waals surface area contributed by atoms with Crippen molar-refractivity contribution in [3.8, 4) is 0 Å². The van der Waals surface area contributed by atoms with E-state index in [1.165, 1.54) is 12.3 Å². The third kappa shape index (κ3) is 2.50. The van der Waals surface area contributed by atoms with Crippen molar-refractivity contribution >= 4 is 5.82 Å². The third-order valence-electron chi connectivity index (χ3n) is 2.86. The molecule has 4 heteroatoms. The Morgan fingerprint density at radius 1 is 1.50 bits per heavy atom. The van der Waals surface area contributed by atoms with Crippen LogP contribution in [0.3, 0.4) is 0 Å². The van der Waals surface area contributed by atoms with E-state index in [4.69, 9.17) is 5.11 Å². The number of hydrogen-bond acceptors (Lipinski definition) is 3. The average Bonchev–Trinajstić information content (AvgIpc) is 2.31. The molecule has 3 nitrogen and oxygen atoms in total. The molecule has 1 aromatic rings. The van der Waals surface area contributed by atoms with Gasteiger partial charge in [0.15, 0.2) is 11.6 Å². The van der Waals surface area contributed by atoms with Gasteiger partial charge in [-0.15, -0.1) is 0 Å². The summed E-state index contributed by atoms with van der Waals surface area (Å²) in [6.45, 7) is 6.48. The Bertz CT molecular complexity index is 344. The van der Waals surface area contributed by atoms with Gasteiger partial charge in [0.2, 0.25) is 0 Å². The molecule has 0 amide bonds. The lowest BCUT2D eigenvalue weighted by molar-refractivity contribution is 0.275. The fraction of sp³-hybridized carbons (Fsp3) is 0.583. The number of aliphatic hydroxyl groups excluding tert-OH is 1. The summed E-state index contributed by atoms with van der Waals surface area (Å²) in [5, 5.41) is 9.01. The van der Waals surface area contributed by atoms with Crippen LogP contribution in [0.5, 0.6) is 0 Å². The summed E-state index contributed by atoms with van der Waals surface area (Å²) >= 11 is 0. The molecule has 0 spiro atoms. The second-order valence-electron chi connectivity index (χ2n) is 3.81. The molecule has 1 atom stereocenters. The number of aliphatic hydroxyl groups is 1. The first-order valence-corrected chi connectivity index (χ1v) is 5.66. The lowest BCUT2D eigenvalue weighted by atomic mass is 10.2. The zero-order valence-electron chi connectivity index (χ0n) is 10.1. The molecule has 0 saturated heterocycles. The zero-order valence-corrected chi connectivity index (χ0v) is 10.1. The number of aromatic nitrogens is 1. The smallest absolute Gasteiger partial charge is 0.171 e. The van der Waals surface area contributed by atoms with Gasteiger partial charge in [-0.2, -0.15) is 0 Å². The van der Waals surface area contributed by atoms with E-state index in [0.717, 1.165) is 6.42 Å². The molecule has 0 aliphatic rings. The van der Waals surface area contributed by atoms with Gasteiger partial charge in [0.1, 0.15) is 0 Å². The molecule has 1 heterocycles. The molecule has 90 valence electrons. The molecule has 1 N–H and O–H groups in total. The second-order valence-corrected chi connectivity index (χ2v) is 3.81. The van der Waals surface area contributed by atoms with Gasteiger partial charge in [0, 0.05) is 24.3 Å². The third-order valence-corrected chi connectivity index (χ3v) is 2.86. The van der Waals surface area contributed by atoms with E-state index in [1.807, 2.05) is 18.7 Å². The van der Waals surface area contributed by atoms with Crippen LogP contribution in [0, 0.1) is 5.82 Å². The van der Waals surface area contributed by atoms with Crippen LogP contribution < -0.4 is 4.90 Å². The molecule has 0 fully saturated rings. The molecule has 0 aliphatic heterocycles. The minimum atomic E-state index is -0.410. The summed E-state index contributed by atoms with van der Waals surface area (Å²) in [6, 6.07) is 1.74. The quantitative estimate of drug-likeness (QED) is 0.837. The highest BCUT2D eigenvalue weighted by Crippen LogP contribution is 2.22. The number of hydrogen-bond donors (Lipinski definition) is 1. The Morgan fingerprint density at radius 3 is 2.69 bits per heavy atom. The monoisotopic (exact) mass is 226 g/mol. The summed E-state index contributed by atoms with van der Waals surface area (Å²) in [5.41, 5.74) is 0.298. The van der Waals surface area contributed by atoms with Crippen LogP contribution in [-0.4, -0.2) is 22.7 Å². The number of rotatable bonds is 5. The van der Waals surface area contributed by atoms with Crippen molar-refractivity contribution in [3.63, 3.8) is 0 Å². The van der Waals surface area contributed by atoms with Crippen LogP contribution in [0.15, 0.2) is 12.3 Å². The van der Waals surface area contributed by atoms with Gasteiger partial charge < -0.3 is 10.0 Å². The van der Waals surface area contributed by atoms with Crippen molar-refractivity contribution in [1.82, 2.24) is 4.98 Å². The van der Waals surface area contributed by atoms with Crippen LogP contribution in [0.25, 0.3) is 0 Å². The Morgan fingerprint density at radius 2 is 2.19 bits per heavy atom. The lowest BCUT2D eigenvalue weighted by Crippen LogP contribution is -2.34. The van der Waals surface area contributed by atoms with E-state index in [2.05, 4.69) is 11.9 Å². The predicted molar refractivity (Wildman–Crippen MR) is 62.9 cm³/mol. The largest absolute Gasteiger partial charge is 0.392 e. The van der Waals surface area contributed by atoms with Crippen LogP contribution >= 0.6 is 0 Å². The first-order valence-electron chi connectivity index (χ1n) is 5.66. The van der Waals surface area contributed by atoms with E-state index >= 15 is 0 Å². The molecule has 0 radical (unpaired) electrons. The molecule has 0 aliphatic carbocycles. The molecule has 0 saturated carbocycles. The fourth-order valence-electron chi connectivity index (χ4n) is 1.68. The van der Waals surface area contributed by atoms with Crippen molar-refractivity contribution in [2.45, 2.75) is 39.8 Å². The van der Waals surface area contributed by atoms with Gasteiger partial charge in [0.05, 0.1) is 6.61 Å². The van der Waals surface area contributed by atoms with Crippen LogP contribution in [-0.2, 0) is 6.61 Å². The molecule has 1 rings (SSSR count). The second kappa shape index (κ2) is 5.80. The van der Waals surface area contributed by atoms with Crippen LogP contribution in [0.1, 0.15) is 32.8 Å². The van der Waals surface area contributed by atoms with Gasteiger partial charge >= 0.3 is 0 Å². The van der Waals surface area contributed by atoms with Crippen molar-refractivity contribution < 1.29 is 9.50 Å². The van der Waals surface area contributed by atoms with Crippen molar-refractivity contribution in [3.05, 3.63) is 23.6 Å². The molecule has 16 heavy (non-hydrogen) atoms. The van der Waals surface area contributed by atoms with Crippen molar-refractivity contribution in [2.75, 3.05) is 11.4 Å². The minimum absolute atomic E-state index is 0.237. The minimum Gasteiger partial charge on any atom is -0.392 e. The summed E-state index contributed by atoms with van der Waals surface area (Å²) in [6.07, 6.45) is 2.47. The summed E-state index contributed by atoms with van der Waals surface area (Å²) < 4.78 is 13.9. The van der Waals surface area contributed by atoms with E-state index in [-0.39, 0.29) is 12.6 Å². The van der Waals surface area contributed by atoms with Gasteiger partial charge in [0.25, 0.3) is 0 Å². The summed E-state index contributed by atoms with van der Waals surface area (Å²) in [5.74, 6) is -0.0736.